The van der Waals surface area contributed by atoms with Gasteiger partial charge in [-0.05, 0) is 48.7 Å². The molecule has 26 heavy (non-hydrogen) atoms. The van der Waals surface area contributed by atoms with Crippen molar-refractivity contribution in [3.8, 4) is 17.2 Å². The maximum absolute atomic E-state index is 6.09. The molecule has 2 aromatic rings. The topological polar surface area (TPSA) is 78.1 Å². The first-order valence-electron chi connectivity index (χ1n) is 8.18. The van der Waals surface area contributed by atoms with Crippen molar-refractivity contribution in [2.75, 3.05) is 33.2 Å². The molecule has 0 aliphatic carbocycles. The molecule has 2 rings (SSSR count). The van der Waals surface area contributed by atoms with Crippen LogP contribution in [-0.4, -0.2) is 33.8 Å². The molecule has 0 unspecified atom stereocenters. The van der Waals surface area contributed by atoms with Crippen LogP contribution in [0.3, 0.4) is 0 Å². The van der Waals surface area contributed by atoms with Gasteiger partial charge < -0.3 is 25.3 Å². The maximum Gasteiger partial charge on any atom is 0.193 e. The lowest BCUT2D eigenvalue weighted by Crippen LogP contribution is -2.22. The Morgan fingerprint density at radius 2 is 1.69 bits per heavy atom. The van der Waals surface area contributed by atoms with E-state index in [-0.39, 0.29) is 0 Å². The van der Waals surface area contributed by atoms with E-state index in [1.54, 1.807) is 33.5 Å². The average molecular weight is 378 g/mol. The third kappa shape index (κ3) is 5.46. The Morgan fingerprint density at radius 1 is 1.00 bits per heavy atom. The molecule has 0 aromatic heterocycles. The summed E-state index contributed by atoms with van der Waals surface area (Å²) < 4.78 is 15.7. The van der Waals surface area contributed by atoms with Gasteiger partial charge in [0.25, 0.3) is 0 Å². The molecule has 3 N–H and O–H groups in total. The van der Waals surface area contributed by atoms with Crippen molar-refractivity contribution < 1.29 is 14.2 Å². The summed E-state index contributed by atoms with van der Waals surface area (Å²) in [7, 11) is 4.82. The number of hydrogen-bond acceptors (Lipinski definition) is 4. The van der Waals surface area contributed by atoms with Crippen molar-refractivity contribution in [3.05, 3.63) is 47.0 Å². The second kappa shape index (κ2) is 9.77. The van der Waals surface area contributed by atoms with Gasteiger partial charge in [-0.3, -0.25) is 4.99 Å². The number of hydrogen-bond donors (Lipinski definition) is 2. The van der Waals surface area contributed by atoms with Gasteiger partial charge in [-0.1, -0.05) is 17.7 Å². The lowest BCUT2D eigenvalue weighted by molar-refractivity contribution is 0.354. The molecule has 0 heterocycles. The molecule has 0 atom stereocenters. The Kier molecular flexibility index (Phi) is 7.41. The SMILES string of the molecule is COc1ccc(NC(N)=NCCCc2ccc(OC)c(OC)c2)cc1Cl. The lowest BCUT2D eigenvalue weighted by atomic mass is 10.1. The largest absolute Gasteiger partial charge is 0.495 e. The first kappa shape index (κ1) is 19.7. The standard InChI is InChI=1S/C19H24ClN3O3/c1-24-16-9-7-14(12-15(16)20)23-19(21)22-10-4-5-13-6-8-17(25-2)18(11-13)26-3/h6-9,11-12H,4-5,10H2,1-3H3,(H3,21,22,23). The Bertz CT molecular complexity index is 766. The zero-order valence-corrected chi connectivity index (χ0v) is 16.0. The first-order chi connectivity index (χ1) is 12.6. The van der Waals surface area contributed by atoms with Crippen molar-refractivity contribution in [1.29, 1.82) is 0 Å². The number of halogens is 1. The molecule has 0 aliphatic rings. The predicted molar refractivity (Wildman–Crippen MR) is 106 cm³/mol. The summed E-state index contributed by atoms with van der Waals surface area (Å²) in [5, 5.41) is 3.53. The average Bonchev–Trinajstić information content (AvgIpc) is 2.65. The van der Waals surface area contributed by atoms with Crippen molar-refractivity contribution >= 4 is 23.2 Å². The molecule has 140 valence electrons. The highest BCUT2D eigenvalue weighted by Crippen LogP contribution is 2.28. The molecule has 6 nitrogen and oxygen atoms in total. The van der Waals surface area contributed by atoms with Crippen LogP contribution in [0.5, 0.6) is 17.2 Å². The summed E-state index contributed by atoms with van der Waals surface area (Å²) in [4.78, 5) is 4.34. The smallest absolute Gasteiger partial charge is 0.193 e. The van der Waals surface area contributed by atoms with E-state index >= 15 is 0 Å². The Morgan fingerprint density at radius 3 is 2.35 bits per heavy atom. The van der Waals surface area contributed by atoms with Crippen molar-refractivity contribution in [2.24, 2.45) is 10.7 Å². The summed E-state index contributed by atoms with van der Waals surface area (Å²) in [6.45, 7) is 0.608. The number of rotatable bonds is 8. The number of benzene rings is 2. The van der Waals surface area contributed by atoms with Crippen LogP contribution in [0.25, 0.3) is 0 Å². The Hall–Kier alpha value is -2.60. The van der Waals surface area contributed by atoms with Gasteiger partial charge in [-0.2, -0.15) is 0 Å². The van der Waals surface area contributed by atoms with Gasteiger partial charge in [0, 0.05) is 12.2 Å². The molecule has 2 aromatic carbocycles. The summed E-state index contributed by atoms with van der Waals surface area (Å²) in [6.07, 6.45) is 1.73. The third-order valence-corrected chi connectivity index (χ3v) is 4.07. The minimum atomic E-state index is 0.346. The number of nitrogens with two attached hydrogens (primary N) is 1. The van der Waals surface area contributed by atoms with E-state index in [0.717, 1.165) is 35.6 Å². The molecule has 0 spiro atoms. The Balaban J connectivity index is 1.85. The fourth-order valence-corrected chi connectivity index (χ4v) is 2.71. The number of nitrogens with zero attached hydrogens (tertiary/aromatic N) is 1. The van der Waals surface area contributed by atoms with Gasteiger partial charge in [-0.25, -0.2) is 0 Å². The van der Waals surface area contributed by atoms with Gasteiger partial charge in [0.15, 0.2) is 17.5 Å². The molecular weight excluding hydrogens is 354 g/mol. The van der Waals surface area contributed by atoms with Gasteiger partial charge in [0.2, 0.25) is 0 Å². The minimum absolute atomic E-state index is 0.346. The second-order valence-corrected chi connectivity index (χ2v) is 5.94. The van der Waals surface area contributed by atoms with Crippen LogP contribution in [0.15, 0.2) is 41.4 Å². The zero-order chi connectivity index (χ0) is 18.9. The van der Waals surface area contributed by atoms with Crippen LogP contribution in [0.1, 0.15) is 12.0 Å². The first-order valence-corrected chi connectivity index (χ1v) is 8.56. The number of methoxy groups -OCH3 is 3. The van der Waals surface area contributed by atoms with E-state index in [1.165, 1.54) is 0 Å². The summed E-state index contributed by atoms with van der Waals surface area (Å²) in [5.74, 6) is 2.41. The number of ether oxygens (including phenoxy) is 3. The maximum atomic E-state index is 6.09. The number of guanidine groups is 1. The number of anilines is 1. The quantitative estimate of drug-likeness (QED) is 0.416. The van der Waals surface area contributed by atoms with E-state index in [9.17, 15) is 0 Å². The minimum Gasteiger partial charge on any atom is -0.495 e. The third-order valence-electron chi connectivity index (χ3n) is 3.78. The second-order valence-electron chi connectivity index (χ2n) is 5.53. The van der Waals surface area contributed by atoms with Crippen LogP contribution in [0, 0.1) is 0 Å². The van der Waals surface area contributed by atoms with Crippen LogP contribution < -0.4 is 25.3 Å². The van der Waals surface area contributed by atoms with Crippen molar-refractivity contribution in [3.63, 3.8) is 0 Å². The van der Waals surface area contributed by atoms with Crippen LogP contribution in [0.4, 0.5) is 5.69 Å². The van der Waals surface area contributed by atoms with Gasteiger partial charge in [0.05, 0.1) is 26.4 Å². The lowest BCUT2D eigenvalue weighted by Gasteiger charge is -2.10. The molecule has 0 radical (unpaired) electrons. The van der Waals surface area contributed by atoms with Gasteiger partial charge >= 0.3 is 0 Å². The van der Waals surface area contributed by atoms with E-state index in [4.69, 9.17) is 31.5 Å². The molecular formula is C19H24ClN3O3. The number of aliphatic imine (C=N–C) groups is 1. The van der Waals surface area contributed by atoms with Crippen LogP contribution in [-0.2, 0) is 6.42 Å². The Labute approximate surface area is 158 Å². The van der Waals surface area contributed by atoms with Crippen LogP contribution in [0.2, 0.25) is 5.02 Å². The zero-order valence-electron chi connectivity index (χ0n) is 15.2. The van der Waals surface area contributed by atoms with Crippen molar-refractivity contribution in [2.45, 2.75) is 12.8 Å². The summed E-state index contributed by atoms with van der Waals surface area (Å²) in [5.41, 5.74) is 7.84. The fraction of sp³-hybridized carbons (Fsp3) is 0.316. The highest BCUT2D eigenvalue weighted by molar-refractivity contribution is 6.32. The van der Waals surface area contributed by atoms with E-state index < -0.39 is 0 Å². The normalized spacial score (nSPS) is 11.2. The predicted octanol–water partition coefficient (Wildman–Crippen LogP) is 3.73. The van der Waals surface area contributed by atoms with Gasteiger partial charge in [0.1, 0.15) is 5.75 Å². The van der Waals surface area contributed by atoms with Gasteiger partial charge in [-0.15, -0.1) is 0 Å². The summed E-state index contributed by atoms with van der Waals surface area (Å²) in [6, 6.07) is 11.2. The molecule has 0 saturated carbocycles. The van der Waals surface area contributed by atoms with E-state index in [1.807, 2.05) is 24.3 Å². The summed E-state index contributed by atoms with van der Waals surface area (Å²) >= 11 is 6.09. The highest BCUT2D eigenvalue weighted by atomic mass is 35.5. The molecule has 7 heteroatoms. The number of aryl methyl sites for hydroxylation is 1. The van der Waals surface area contributed by atoms with Crippen LogP contribution >= 0.6 is 11.6 Å². The molecule has 0 fully saturated rings. The highest BCUT2D eigenvalue weighted by Gasteiger charge is 2.05. The monoisotopic (exact) mass is 377 g/mol. The van der Waals surface area contributed by atoms with Crippen molar-refractivity contribution in [1.82, 2.24) is 0 Å². The molecule has 0 aliphatic heterocycles. The fourth-order valence-electron chi connectivity index (χ4n) is 2.45. The van der Waals surface area contributed by atoms with E-state index in [0.29, 0.717) is 23.3 Å². The molecule has 0 bridgehead atoms. The number of nitrogens with one attached hydrogen (secondary N) is 1. The molecule has 0 amide bonds. The molecule has 0 saturated heterocycles. The van der Waals surface area contributed by atoms with E-state index in [2.05, 4.69) is 10.3 Å².